The number of H-pyrrole nitrogens is 1. The molecule has 3 aliphatic rings. The first-order valence-electron chi connectivity index (χ1n) is 10.9. The Kier molecular flexibility index (Phi) is 4.60. The lowest BCUT2D eigenvalue weighted by atomic mass is 9.80. The predicted molar refractivity (Wildman–Crippen MR) is 115 cm³/mol. The van der Waals surface area contributed by atoms with Crippen LogP contribution in [0.5, 0.6) is 5.75 Å². The van der Waals surface area contributed by atoms with Crippen LogP contribution in [-0.4, -0.2) is 74.9 Å². The Balaban J connectivity index is 1.79. The standard InChI is InChI=1S/C23H29N3O6/c1-22(2,29)11-16-18-17(13-8-7-12(31-3)10-14(13)24-18)19(32-4)23(30)21(28)25-9-5-6-15(25)20(27)26(16)23/h7-8,10,15-16,19,24,29-30H,5-6,9,11H2,1-4H3/t15-,16+,19-,23-/m0/s1. The van der Waals surface area contributed by atoms with Gasteiger partial charge >= 0.3 is 0 Å². The number of amides is 2. The number of carbonyl (C=O) groups is 2. The first-order valence-corrected chi connectivity index (χ1v) is 10.9. The molecule has 172 valence electrons. The van der Waals surface area contributed by atoms with Crippen molar-refractivity contribution in [2.75, 3.05) is 20.8 Å². The molecule has 1 aromatic carbocycles. The highest BCUT2D eigenvalue weighted by Gasteiger charge is 2.66. The second-order valence-corrected chi connectivity index (χ2v) is 9.60. The predicted octanol–water partition coefficient (Wildman–Crippen LogP) is 1.60. The quantitative estimate of drug-likeness (QED) is 0.661. The highest BCUT2D eigenvalue weighted by atomic mass is 16.5. The van der Waals surface area contributed by atoms with Crippen molar-refractivity contribution in [3.8, 4) is 5.75 Å². The van der Waals surface area contributed by atoms with Gasteiger partial charge in [0.2, 0.25) is 5.91 Å². The fourth-order valence-electron chi connectivity index (χ4n) is 5.71. The van der Waals surface area contributed by atoms with Crippen molar-refractivity contribution in [2.24, 2.45) is 0 Å². The molecule has 1 aromatic heterocycles. The maximum absolute atomic E-state index is 13.7. The molecule has 2 amide bonds. The van der Waals surface area contributed by atoms with Crippen LogP contribution in [-0.2, 0) is 14.3 Å². The average molecular weight is 444 g/mol. The number of rotatable bonds is 4. The van der Waals surface area contributed by atoms with Gasteiger partial charge in [0, 0.05) is 48.3 Å². The molecule has 2 saturated heterocycles. The molecule has 5 rings (SSSR count). The molecular formula is C23H29N3O6. The van der Waals surface area contributed by atoms with Crippen molar-refractivity contribution in [2.45, 2.75) is 62.6 Å². The van der Waals surface area contributed by atoms with Crippen molar-refractivity contribution in [1.82, 2.24) is 14.8 Å². The normalized spacial score (nSPS) is 29.9. The van der Waals surface area contributed by atoms with Crippen molar-refractivity contribution >= 4 is 22.7 Å². The van der Waals surface area contributed by atoms with Gasteiger partial charge in [0.15, 0.2) is 0 Å². The van der Waals surface area contributed by atoms with E-state index < -0.39 is 35.4 Å². The smallest absolute Gasteiger partial charge is 0.279 e. The summed E-state index contributed by atoms with van der Waals surface area (Å²) in [6.45, 7) is 3.73. The number of carbonyl (C=O) groups excluding carboxylic acids is 2. The summed E-state index contributed by atoms with van der Waals surface area (Å²) in [5.41, 5.74) is -1.35. The maximum Gasteiger partial charge on any atom is 0.279 e. The third-order valence-corrected chi connectivity index (χ3v) is 7.00. The number of methoxy groups -OCH3 is 2. The molecule has 0 bridgehead atoms. The summed E-state index contributed by atoms with van der Waals surface area (Å²) in [6, 6.07) is 4.14. The third-order valence-electron chi connectivity index (χ3n) is 7.00. The van der Waals surface area contributed by atoms with Crippen LogP contribution in [0.3, 0.4) is 0 Å². The molecule has 0 aliphatic carbocycles. The van der Waals surface area contributed by atoms with Crippen LogP contribution < -0.4 is 4.74 Å². The van der Waals surface area contributed by atoms with E-state index in [2.05, 4.69) is 4.98 Å². The number of aromatic amines is 1. The number of nitrogens with one attached hydrogen (secondary N) is 1. The summed E-state index contributed by atoms with van der Waals surface area (Å²) in [4.78, 5) is 33.5. The molecule has 2 fully saturated rings. The lowest BCUT2D eigenvalue weighted by molar-refractivity contribution is -0.238. The van der Waals surface area contributed by atoms with Gasteiger partial charge in [-0.3, -0.25) is 14.5 Å². The van der Waals surface area contributed by atoms with E-state index in [1.165, 1.54) is 16.9 Å². The number of aromatic nitrogens is 1. The van der Waals surface area contributed by atoms with Gasteiger partial charge in [0.05, 0.1) is 18.8 Å². The average Bonchev–Trinajstić information content (AvgIpc) is 3.36. The first-order chi connectivity index (χ1) is 15.1. The van der Waals surface area contributed by atoms with Gasteiger partial charge in [0.1, 0.15) is 17.9 Å². The fourth-order valence-corrected chi connectivity index (χ4v) is 5.71. The number of aliphatic hydroxyl groups is 2. The van der Waals surface area contributed by atoms with Crippen molar-refractivity contribution in [3.05, 3.63) is 29.5 Å². The van der Waals surface area contributed by atoms with Crippen LogP contribution in [0.4, 0.5) is 0 Å². The minimum atomic E-state index is -2.20. The van der Waals surface area contributed by atoms with E-state index in [0.717, 1.165) is 10.9 Å². The number of hydrogen-bond acceptors (Lipinski definition) is 6. The van der Waals surface area contributed by atoms with Crippen LogP contribution in [0.25, 0.3) is 10.9 Å². The molecule has 3 aliphatic heterocycles. The molecule has 0 spiro atoms. The molecule has 4 atom stereocenters. The lowest BCUT2D eigenvalue weighted by Gasteiger charge is -2.55. The van der Waals surface area contributed by atoms with Gasteiger partial charge < -0.3 is 29.6 Å². The number of benzene rings is 1. The number of nitrogens with zero attached hydrogens (tertiary/aromatic N) is 2. The minimum Gasteiger partial charge on any atom is -0.497 e. The van der Waals surface area contributed by atoms with Gasteiger partial charge in [0.25, 0.3) is 11.6 Å². The van der Waals surface area contributed by atoms with E-state index >= 15 is 0 Å². The first kappa shape index (κ1) is 21.2. The third kappa shape index (κ3) is 2.74. The molecule has 2 aromatic rings. The highest BCUT2D eigenvalue weighted by molar-refractivity contribution is 6.01. The summed E-state index contributed by atoms with van der Waals surface area (Å²) in [5.74, 6) is -0.197. The van der Waals surface area contributed by atoms with Crippen molar-refractivity contribution in [3.63, 3.8) is 0 Å². The number of hydrogen-bond donors (Lipinski definition) is 3. The Labute approximate surface area is 185 Å². The Morgan fingerprint density at radius 3 is 2.69 bits per heavy atom. The molecule has 4 heterocycles. The van der Waals surface area contributed by atoms with Crippen LogP contribution in [0.1, 0.15) is 56.5 Å². The number of ether oxygens (including phenoxy) is 2. The Morgan fingerprint density at radius 2 is 2.03 bits per heavy atom. The molecule has 9 heteroatoms. The summed E-state index contributed by atoms with van der Waals surface area (Å²) in [5, 5.41) is 23.5. The second-order valence-electron chi connectivity index (χ2n) is 9.60. The highest BCUT2D eigenvalue weighted by Crippen LogP contribution is 2.53. The van der Waals surface area contributed by atoms with E-state index in [9.17, 15) is 19.8 Å². The summed E-state index contributed by atoms with van der Waals surface area (Å²) in [7, 11) is 3.00. The SMILES string of the molecule is COc1ccc2c3c([nH]c2c1)[C@@H](CC(C)(C)O)N1C(=O)[C@@H]2CCCN2C(=O)[C@@]1(O)[C@H]3OC. The monoisotopic (exact) mass is 443 g/mol. The van der Waals surface area contributed by atoms with Crippen LogP contribution in [0.2, 0.25) is 0 Å². The van der Waals surface area contributed by atoms with Crippen LogP contribution in [0, 0.1) is 0 Å². The molecule has 0 radical (unpaired) electrons. The summed E-state index contributed by atoms with van der Waals surface area (Å²) in [6.07, 6.45) is 0.305. The minimum absolute atomic E-state index is 0.133. The van der Waals surface area contributed by atoms with E-state index in [0.29, 0.717) is 36.4 Å². The zero-order valence-electron chi connectivity index (χ0n) is 18.7. The van der Waals surface area contributed by atoms with Crippen LogP contribution >= 0.6 is 0 Å². The van der Waals surface area contributed by atoms with E-state index in [-0.39, 0.29) is 12.3 Å². The van der Waals surface area contributed by atoms with E-state index in [1.54, 1.807) is 27.0 Å². The van der Waals surface area contributed by atoms with E-state index in [1.807, 2.05) is 12.1 Å². The Bertz CT molecular complexity index is 1110. The summed E-state index contributed by atoms with van der Waals surface area (Å²) >= 11 is 0. The number of piperazine rings is 1. The van der Waals surface area contributed by atoms with Gasteiger partial charge in [-0.25, -0.2) is 0 Å². The van der Waals surface area contributed by atoms with Gasteiger partial charge in [-0.1, -0.05) is 0 Å². The number of fused-ring (bicyclic) bond motifs is 5. The van der Waals surface area contributed by atoms with Crippen LogP contribution in [0.15, 0.2) is 18.2 Å². The van der Waals surface area contributed by atoms with Crippen molar-refractivity contribution in [1.29, 1.82) is 0 Å². The van der Waals surface area contributed by atoms with Gasteiger partial charge in [-0.15, -0.1) is 0 Å². The van der Waals surface area contributed by atoms with Crippen molar-refractivity contribution < 1.29 is 29.3 Å². The van der Waals surface area contributed by atoms with E-state index in [4.69, 9.17) is 9.47 Å². The molecule has 9 nitrogen and oxygen atoms in total. The van der Waals surface area contributed by atoms with Gasteiger partial charge in [-0.2, -0.15) is 0 Å². The molecule has 3 N–H and O–H groups in total. The lowest BCUT2D eigenvalue weighted by Crippen LogP contribution is -2.74. The molecule has 0 saturated carbocycles. The fraction of sp³-hybridized carbons (Fsp3) is 0.565. The Hall–Kier alpha value is -2.62. The van der Waals surface area contributed by atoms with Gasteiger partial charge in [-0.05, 0) is 38.8 Å². The summed E-state index contributed by atoms with van der Waals surface area (Å²) < 4.78 is 11.1. The zero-order chi connectivity index (χ0) is 23.0. The second kappa shape index (κ2) is 6.94. The zero-order valence-corrected chi connectivity index (χ0v) is 18.7. The topological polar surface area (TPSA) is 115 Å². The molecular weight excluding hydrogens is 414 g/mol. The maximum atomic E-state index is 13.7. The molecule has 0 unspecified atom stereocenters. The molecule has 32 heavy (non-hydrogen) atoms. The largest absolute Gasteiger partial charge is 0.497 e. The Morgan fingerprint density at radius 1 is 1.28 bits per heavy atom.